The lowest BCUT2D eigenvalue weighted by molar-refractivity contribution is -0.134. The first kappa shape index (κ1) is 17.5. The molecule has 0 aromatic heterocycles. The zero-order valence-electron chi connectivity index (χ0n) is 14.1. The van der Waals surface area contributed by atoms with E-state index < -0.39 is 23.4 Å². The highest BCUT2D eigenvalue weighted by molar-refractivity contribution is 6.43. The third kappa shape index (κ3) is 3.69. The standard InChI is InChI=1S/C20H18N2O4/c23-17(15-7-3-1-4-8-15)19(25)21-11-13-22(14-12-21)20(26)18(24)16-9-5-2-6-10-16/h1-10H,11-14H2. The summed E-state index contributed by atoms with van der Waals surface area (Å²) in [5, 5.41) is 0. The van der Waals surface area contributed by atoms with Gasteiger partial charge in [-0.2, -0.15) is 0 Å². The maximum absolute atomic E-state index is 12.3. The summed E-state index contributed by atoms with van der Waals surface area (Å²) in [5.74, 6) is -2.30. The Hall–Kier alpha value is -3.28. The van der Waals surface area contributed by atoms with Crippen molar-refractivity contribution in [2.24, 2.45) is 0 Å². The minimum absolute atomic E-state index is 0.227. The number of nitrogens with zero attached hydrogens (tertiary/aromatic N) is 2. The van der Waals surface area contributed by atoms with E-state index in [2.05, 4.69) is 0 Å². The van der Waals surface area contributed by atoms with Crippen LogP contribution in [0.2, 0.25) is 0 Å². The smallest absolute Gasteiger partial charge is 0.295 e. The van der Waals surface area contributed by atoms with Crippen molar-refractivity contribution in [2.75, 3.05) is 26.2 Å². The van der Waals surface area contributed by atoms with Gasteiger partial charge in [0.1, 0.15) is 0 Å². The molecular formula is C20H18N2O4. The Morgan fingerprint density at radius 1 is 0.538 bits per heavy atom. The molecule has 6 nitrogen and oxygen atoms in total. The van der Waals surface area contributed by atoms with Crippen LogP contribution in [0.3, 0.4) is 0 Å². The molecular weight excluding hydrogens is 332 g/mol. The van der Waals surface area contributed by atoms with Crippen molar-refractivity contribution in [3.05, 3.63) is 71.8 Å². The summed E-state index contributed by atoms with van der Waals surface area (Å²) in [7, 11) is 0. The zero-order valence-corrected chi connectivity index (χ0v) is 14.1. The molecule has 0 radical (unpaired) electrons. The number of Topliss-reactive ketones (excluding diaryl/α,β-unsaturated/α-hetero) is 2. The maximum Gasteiger partial charge on any atom is 0.295 e. The van der Waals surface area contributed by atoms with E-state index in [1.807, 2.05) is 0 Å². The van der Waals surface area contributed by atoms with Crippen molar-refractivity contribution >= 4 is 23.4 Å². The number of ketones is 2. The van der Waals surface area contributed by atoms with Gasteiger partial charge in [0.05, 0.1) is 0 Å². The molecule has 0 aliphatic carbocycles. The average molecular weight is 350 g/mol. The summed E-state index contributed by atoms with van der Waals surface area (Å²) < 4.78 is 0. The van der Waals surface area contributed by atoms with E-state index in [1.165, 1.54) is 9.80 Å². The van der Waals surface area contributed by atoms with E-state index >= 15 is 0 Å². The normalized spacial score (nSPS) is 14.0. The van der Waals surface area contributed by atoms with Gasteiger partial charge < -0.3 is 9.80 Å². The van der Waals surface area contributed by atoms with Gasteiger partial charge >= 0.3 is 0 Å². The average Bonchev–Trinajstić information content (AvgIpc) is 2.73. The predicted molar refractivity (Wildman–Crippen MR) is 94.7 cm³/mol. The fraction of sp³-hybridized carbons (Fsp3) is 0.200. The Balaban J connectivity index is 1.59. The molecule has 0 unspecified atom stereocenters. The van der Waals surface area contributed by atoms with Crippen molar-refractivity contribution < 1.29 is 19.2 Å². The van der Waals surface area contributed by atoms with Crippen LogP contribution in [0.15, 0.2) is 60.7 Å². The second-order valence-electron chi connectivity index (χ2n) is 5.97. The van der Waals surface area contributed by atoms with Crippen molar-refractivity contribution in [1.82, 2.24) is 9.80 Å². The number of carbonyl (C=O) groups excluding carboxylic acids is 4. The summed E-state index contributed by atoms with van der Waals surface area (Å²) >= 11 is 0. The number of piperazine rings is 1. The third-order valence-electron chi connectivity index (χ3n) is 4.31. The highest BCUT2D eigenvalue weighted by atomic mass is 16.2. The predicted octanol–water partition coefficient (Wildman–Crippen LogP) is 1.42. The zero-order chi connectivity index (χ0) is 18.5. The number of rotatable bonds is 4. The minimum Gasteiger partial charge on any atom is -0.332 e. The lowest BCUT2D eigenvalue weighted by atomic mass is 10.1. The monoisotopic (exact) mass is 350 g/mol. The van der Waals surface area contributed by atoms with E-state index in [0.29, 0.717) is 11.1 Å². The third-order valence-corrected chi connectivity index (χ3v) is 4.31. The van der Waals surface area contributed by atoms with Crippen molar-refractivity contribution in [3.8, 4) is 0 Å². The molecule has 0 saturated carbocycles. The molecule has 3 rings (SSSR count). The Labute approximate surface area is 151 Å². The first-order valence-electron chi connectivity index (χ1n) is 8.35. The molecule has 0 bridgehead atoms. The molecule has 2 amide bonds. The first-order chi connectivity index (χ1) is 12.6. The van der Waals surface area contributed by atoms with E-state index in [4.69, 9.17) is 0 Å². The SMILES string of the molecule is O=C(C(=O)N1CCN(C(=O)C(=O)c2ccccc2)CC1)c1ccccc1. The van der Waals surface area contributed by atoms with Crippen LogP contribution in [0.25, 0.3) is 0 Å². The van der Waals surface area contributed by atoms with E-state index in [1.54, 1.807) is 60.7 Å². The highest BCUT2D eigenvalue weighted by Gasteiger charge is 2.30. The summed E-state index contributed by atoms with van der Waals surface area (Å²) in [5.41, 5.74) is 0.686. The van der Waals surface area contributed by atoms with Gasteiger partial charge in [0.15, 0.2) is 0 Å². The van der Waals surface area contributed by atoms with Gasteiger partial charge in [0, 0.05) is 37.3 Å². The molecule has 0 spiro atoms. The number of amides is 2. The van der Waals surface area contributed by atoms with Crippen LogP contribution in [-0.4, -0.2) is 59.4 Å². The Kier molecular flexibility index (Phi) is 5.22. The Bertz CT molecular complexity index is 754. The number of hydrogen-bond acceptors (Lipinski definition) is 4. The molecule has 1 aliphatic rings. The van der Waals surface area contributed by atoms with Gasteiger partial charge in [-0.25, -0.2) is 0 Å². The number of hydrogen-bond donors (Lipinski definition) is 0. The summed E-state index contributed by atoms with van der Waals surface area (Å²) in [6, 6.07) is 16.7. The van der Waals surface area contributed by atoms with E-state index in [9.17, 15) is 19.2 Å². The van der Waals surface area contributed by atoms with Crippen LogP contribution in [0.4, 0.5) is 0 Å². The van der Waals surface area contributed by atoms with Gasteiger partial charge in [-0.1, -0.05) is 60.7 Å². The van der Waals surface area contributed by atoms with Crippen LogP contribution >= 0.6 is 0 Å². The van der Waals surface area contributed by atoms with Gasteiger partial charge in [0.2, 0.25) is 11.6 Å². The minimum atomic E-state index is -0.585. The molecule has 2 aromatic rings. The summed E-state index contributed by atoms with van der Waals surface area (Å²) in [4.78, 5) is 52.0. The highest BCUT2D eigenvalue weighted by Crippen LogP contribution is 2.10. The second kappa shape index (κ2) is 7.74. The summed E-state index contributed by atoms with van der Waals surface area (Å²) in [6.45, 7) is 0.910. The molecule has 1 heterocycles. The Morgan fingerprint density at radius 2 is 0.846 bits per heavy atom. The molecule has 26 heavy (non-hydrogen) atoms. The van der Waals surface area contributed by atoms with Crippen LogP contribution in [0.5, 0.6) is 0 Å². The van der Waals surface area contributed by atoms with Crippen LogP contribution in [0.1, 0.15) is 20.7 Å². The van der Waals surface area contributed by atoms with Gasteiger partial charge in [-0.3, -0.25) is 19.2 Å². The second-order valence-corrected chi connectivity index (χ2v) is 5.97. The molecule has 1 saturated heterocycles. The molecule has 1 fully saturated rings. The van der Waals surface area contributed by atoms with Gasteiger partial charge in [-0.15, -0.1) is 0 Å². The molecule has 1 aliphatic heterocycles. The van der Waals surface area contributed by atoms with E-state index in [-0.39, 0.29) is 26.2 Å². The van der Waals surface area contributed by atoms with Gasteiger partial charge in [-0.05, 0) is 0 Å². The molecule has 0 atom stereocenters. The quantitative estimate of drug-likeness (QED) is 0.617. The van der Waals surface area contributed by atoms with Crippen LogP contribution in [-0.2, 0) is 9.59 Å². The van der Waals surface area contributed by atoms with Crippen molar-refractivity contribution in [2.45, 2.75) is 0 Å². The van der Waals surface area contributed by atoms with Crippen LogP contribution in [0, 0.1) is 0 Å². The van der Waals surface area contributed by atoms with E-state index in [0.717, 1.165) is 0 Å². The van der Waals surface area contributed by atoms with Gasteiger partial charge in [0.25, 0.3) is 11.8 Å². The molecule has 6 heteroatoms. The fourth-order valence-electron chi connectivity index (χ4n) is 2.83. The number of carbonyl (C=O) groups is 4. The molecule has 0 N–H and O–H groups in total. The lowest BCUT2D eigenvalue weighted by Gasteiger charge is -2.34. The number of benzene rings is 2. The lowest BCUT2D eigenvalue weighted by Crippen LogP contribution is -2.53. The summed E-state index contributed by atoms with van der Waals surface area (Å²) in [6.07, 6.45) is 0. The maximum atomic E-state index is 12.3. The fourth-order valence-corrected chi connectivity index (χ4v) is 2.83. The molecule has 2 aromatic carbocycles. The Morgan fingerprint density at radius 3 is 1.15 bits per heavy atom. The topological polar surface area (TPSA) is 74.8 Å². The van der Waals surface area contributed by atoms with Crippen molar-refractivity contribution in [1.29, 1.82) is 0 Å². The first-order valence-corrected chi connectivity index (χ1v) is 8.35. The molecule has 132 valence electrons. The largest absolute Gasteiger partial charge is 0.332 e. The van der Waals surface area contributed by atoms with Crippen LogP contribution < -0.4 is 0 Å². The van der Waals surface area contributed by atoms with Crippen molar-refractivity contribution in [3.63, 3.8) is 0 Å².